The highest BCUT2D eigenvalue weighted by Crippen LogP contribution is 2.28. The standard InChI is InChI=1S/C25H31Cl2F2N3O4S/c1-4-13-30-25(34)23(5-2)31(16-18-19(26)8-6-9-20(18)27)24(33)10-7-14-32(37(3,35)36)17-11-12-21(28)22(29)15-17/h6,8-9,11-12,15,23H,4-5,7,10,13-14,16H2,1-3H3,(H,30,34)/t23-/m0/s1. The highest BCUT2D eigenvalue weighted by molar-refractivity contribution is 7.92. The molecular formula is C25H31Cl2F2N3O4S. The zero-order valence-electron chi connectivity index (χ0n) is 20.9. The van der Waals surface area contributed by atoms with Gasteiger partial charge in [0.05, 0.1) is 11.9 Å². The van der Waals surface area contributed by atoms with Crippen LogP contribution in [-0.4, -0.2) is 50.5 Å². The summed E-state index contributed by atoms with van der Waals surface area (Å²) >= 11 is 12.6. The van der Waals surface area contributed by atoms with Crippen molar-refractivity contribution in [3.8, 4) is 0 Å². The molecule has 0 saturated carbocycles. The number of sulfonamides is 1. The van der Waals surface area contributed by atoms with Crippen LogP contribution in [0.5, 0.6) is 0 Å². The SMILES string of the molecule is CCCNC(=O)[C@H](CC)N(Cc1c(Cl)cccc1Cl)C(=O)CCCN(c1ccc(F)c(F)c1)S(C)(=O)=O. The minimum Gasteiger partial charge on any atom is -0.354 e. The van der Waals surface area contributed by atoms with E-state index in [9.17, 15) is 26.8 Å². The Morgan fingerprint density at radius 2 is 1.70 bits per heavy atom. The first-order valence-electron chi connectivity index (χ1n) is 11.8. The number of amides is 2. The molecule has 1 atom stereocenters. The van der Waals surface area contributed by atoms with Gasteiger partial charge in [-0.3, -0.25) is 13.9 Å². The van der Waals surface area contributed by atoms with E-state index in [-0.39, 0.29) is 37.5 Å². The molecule has 0 aliphatic rings. The van der Waals surface area contributed by atoms with Gasteiger partial charge in [-0.1, -0.05) is 43.1 Å². The summed E-state index contributed by atoms with van der Waals surface area (Å²) in [6.45, 7) is 3.96. The van der Waals surface area contributed by atoms with Crippen molar-refractivity contribution in [2.75, 3.05) is 23.7 Å². The lowest BCUT2D eigenvalue weighted by atomic mass is 10.1. The van der Waals surface area contributed by atoms with Crippen molar-refractivity contribution in [1.29, 1.82) is 0 Å². The number of nitrogens with zero attached hydrogens (tertiary/aromatic N) is 2. The Hall–Kier alpha value is -2.43. The average molecular weight is 579 g/mol. The third-order valence-corrected chi connectivity index (χ3v) is 7.57. The van der Waals surface area contributed by atoms with Gasteiger partial charge in [-0.2, -0.15) is 0 Å². The molecule has 2 aromatic carbocycles. The molecule has 2 rings (SSSR count). The maximum atomic E-state index is 13.7. The largest absolute Gasteiger partial charge is 0.354 e. The molecule has 0 fully saturated rings. The molecule has 0 bridgehead atoms. The zero-order valence-corrected chi connectivity index (χ0v) is 23.3. The molecule has 0 saturated heterocycles. The van der Waals surface area contributed by atoms with Gasteiger partial charge in [0.1, 0.15) is 6.04 Å². The monoisotopic (exact) mass is 577 g/mol. The van der Waals surface area contributed by atoms with Crippen molar-refractivity contribution in [2.45, 2.75) is 52.1 Å². The van der Waals surface area contributed by atoms with Crippen molar-refractivity contribution in [3.63, 3.8) is 0 Å². The highest BCUT2D eigenvalue weighted by Gasteiger charge is 2.30. The molecule has 2 aromatic rings. The molecule has 1 N–H and O–H groups in total. The Balaban J connectivity index is 2.27. The number of halogens is 4. The van der Waals surface area contributed by atoms with Crippen molar-refractivity contribution in [3.05, 3.63) is 63.6 Å². The van der Waals surface area contributed by atoms with E-state index in [1.165, 1.54) is 4.90 Å². The molecule has 0 aliphatic carbocycles. The van der Waals surface area contributed by atoms with Crippen molar-refractivity contribution in [2.24, 2.45) is 0 Å². The van der Waals surface area contributed by atoms with Crippen LogP contribution in [0.1, 0.15) is 45.1 Å². The molecule has 0 aliphatic heterocycles. The average Bonchev–Trinajstić information content (AvgIpc) is 2.83. The summed E-state index contributed by atoms with van der Waals surface area (Å²) in [7, 11) is -3.85. The second-order valence-corrected chi connectivity index (χ2v) is 11.2. The van der Waals surface area contributed by atoms with Gasteiger partial charge in [-0.15, -0.1) is 0 Å². The quantitative estimate of drug-likeness (QED) is 0.356. The molecule has 204 valence electrons. The van der Waals surface area contributed by atoms with Crippen LogP contribution >= 0.6 is 23.2 Å². The summed E-state index contributed by atoms with van der Waals surface area (Å²) in [5.41, 5.74) is 0.430. The van der Waals surface area contributed by atoms with Crippen LogP contribution in [0, 0.1) is 11.6 Å². The van der Waals surface area contributed by atoms with E-state index < -0.39 is 33.6 Å². The van der Waals surface area contributed by atoms with Crippen LogP contribution in [0.3, 0.4) is 0 Å². The number of rotatable bonds is 13. The van der Waals surface area contributed by atoms with Crippen LogP contribution in [0.4, 0.5) is 14.5 Å². The molecule has 37 heavy (non-hydrogen) atoms. The Labute approximate surface area is 226 Å². The van der Waals surface area contributed by atoms with Crippen LogP contribution in [0.2, 0.25) is 10.0 Å². The van der Waals surface area contributed by atoms with Crippen LogP contribution < -0.4 is 9.62 Å². The number of carbonyl (C=O) groups is 2. The predicted octanol–water partition coefficient (Wildman–Crippen LogP) is 5.15. The minimum atomic E-state index is -3.85. The van der Waals surface area contributed by atoms with Crippen LogP contribution in [0.15, 0.2) is 36.4 Å². The van der Waals surface area contributed by atoms with Gasteiger partial charge in [-0.25, -0.2) is 17.2 Å². The Kier molecular flexibility index (Phi) is 11.6. The number of nitrogens with one attached hydrogen (secondary N) is 1. The third-order valence-electron chi connectivity index (χ3n) is 5.67. The Morgan fingerprint density at radius 3 is 2.24 bits per heavy atom. The van der Waals surface area contributed by atoms with Gasteiger partial charge in [0.25, 0.3) is 0 Å². The normalized spacial score (nSPS) is 12.2. The second-order valence-electron chi connectivity index (χ2n) is 8.47. The fourth-order valence-electron chi connectivity index (χ4n) is 3.78. The number of carbonyl (C=O) groups excluding carboxylic acids is 2. The smallest absolute Gasteiger partial charge is 0.242 e. The minimum absolute atomic E-state index is 0.0195. The molecule has 2 amide bonds. The molecule has 7 nitrogen and oxygen atoms in total. The summed E-state index contributed by atoms with van der Waals surface area (Å²) in [5.74, 6) is -3.02. The summed E-state index contributed by atoms with van der Waals surface area (Å²) < 4.78 is 52.6. The van der Waals surface area contributed by atoms with E-state index in [4.69, 9.17) is 23.2 Å². The van der Waals surface area contributed by atoms with E-state index in [0.29, 0.717) is 28.6 Å². The van der Waals surface area contributed by atoms with Gasteiger partial charge in [-0.05, 0) is 43.5 Å². The maximum absolute atomic E-state index is 13.7. The maximum Gasteiger partial charge on any atom is 0.242 e. The predicted molar refractivity (Wildman–Crippen MR) is 142 cm³/mol. The molecule has 0 aromatic heterocycles. The molecule has 0 spiro atoms. The zero-order chi connectivity index (χ0) is 27.8. The van der Waals surface area contributed by atoms with Crippen molar-refractivity contribution in [1.82, 2.24) is 10.2 Å². The molecule has 0 unspecified atom stereocenters. The number of anilines is 1. The molecule has 0 radical (unpaired) electrons. The van der Waals surface area contributed by atoms with Crippen LogP contribution in [0.25, 0.3) is 0 Å². The van der Waals surface area contributed by atoms with Gasteiger partial charge >= 0.3 is 0 Å². The summed E-state index contributed by atoms with van der Waals surface area (Å²) in [6.07, 6.45) is 1.93. The Morgan fingerprint density at radius 1 is 1.05 bits per heavy atom. The first-order valence-corrected chi connectivity index (χ1v) is 14.4. The number of hydrogen-bond donors (Lipinski definition) is 1. The third kappa shape index (κ3) is 8.55. The van der Waals surface area contributed by atoms with Crippen molar-refractivity contribution >= 4 is 50.7 Å². The first-order chi connectivity index (χ1) is 17.4. The molecule has 0 heterocycles. The van der Waals surface area contributed by atoms with Gasteiger partial charge in [0.15, 0.2) is 11.6 Å². The van der Waals surface area contributed by atoms with Crippen LogP contribution in [-0.2, 0) is 26.2 Å². The number of hydrogen-bond acceptors (Lipinski definition) is 4. The first kappa shape index (κ1) is 30.8. The van der Waals surface area contributed by atoms with E-state index in [1.54, 1.807) is 25.1 Å². The fraction of sp³-hybridized carbons (Fsp3) is 0.440. The lowest BCUT2D eigenvalue weighted by Crippen LogP contribution is -2.49. The molecular weight excluding hydrogens is 547 g/mol. The van der Waals surface area contributed by atoms with Gasteiger partial charge in [0.2, 0.25) is 21.8 Å². The topological polar surface area (TPSA) is 86.8 Å². The highest BCUT2D eigenvalue weighted by atomic mass is 35.5. The Bertz CT molecular complexity index is 1190. The summed E-state index contributed by atoms with van der Waals surface area (Å²) in [4.78, 5) is 27.7. The lowest BCUT2D eigenvalue weighted by molar-refractivity contribution is -0.141. The number of benzene rings is 2. The summed E-state index contributed by atoms with van der Waals surface area (Å²) in [6, 6.07) is 6.91. The van der Waals surface area contributed by atoms with Crippen molar-refractivity contribution < 1.29 is 26.8 Å². The lowest BCUT2D eigenvalue weighted by Gasteiger charge is -2.31. The fourth-order valence-corrected chi connectivity index (χ4v) is 5.26. The van der Waals surface area contributed by atoms with Gasteiger partial charge in [0, 0.05) is 47.7 Å². The summed E-state index contributed by atoms with van der Waals surface area (Å²) in [5, 5.41) is 3.49. The second kappa shape index (κ2) is 13.9. The van der Waals surface area contributed by atoms with E-state index in [0.717, 1.165) is 35.2 Å². The van der Waals surface area contributed by atoms with Gasteiger partial charge < -0.3 is 10.2 Å². The van der Waals surface area contributed by atoms with E-state index in [1.807, 2.05) is 6.92 Å². The van der Waals surface area contributed by atoms with E-state index >= 15 is 0 Å². The van der Waals surface area contributed by atoms with E-state index in [2.05, 4.69) is 5.32 Å². The molecule has 12 heteroatoms.